The van der Waals surface area contributed by atoms with Crippen molar-refractivity contribution >= 4 is 29.3 Å². The molecule has 0 saturated carbocycles. The number of nitrogen functional groups attached to an aromatic ring is 1. The third-order valence-corrected chi connectivity index (χ3v) is 6.09. The summed E-state index contributed by atoms with van der Waals surface area (Å²) in [6.45, 7) is 2.37. The van der Waals surface area contributed by atoms with Crippen molar-refractivity contribution in [1.82, 2.24) is 19.8 Å². The second-order valence-electron chi connectivity index (χ2n) is 7.35. The molecule has 0 aliphatic carbocycles. The first-order chi connectivity index (χ1) is 15.4. The average molecular weight is 468 g/mol. The largest absolute Gasteiger partial charge is 0.459 e. The number of hydrogen-bond acceptors (Lipinski definition) is 6. The van der Waals surface area contributed by atoms with Gasteiger partial charge in [0.2, 0.25) is 11.1 Å². The minimum Gasteiger partial charge on any atom is -0.459 e. The highest BCUT2D eigenvalue weighted by molar-refractivity contribution is 7.99. The van der Waals surface area contributed by atoms with Gasteiger partial charge in [-0.2, -0.15) is 0 Å². The normalized spacial score (nSPS) is 11.0. The van der Waals surface area contributed by atoms with E-state index < -0.39 is 0 Å². The Morgan fingerprint density at radius 2 is 1.75 bits per heavy atom. The molecule has 2 N–H and O–H groups in total. The summed E-state index contributed by atoms with van der Waals surface area (Å²) in [6.07, 6.45) is 0. The predicted octanol–water partition coefficient (Wildman–Crippen LogP) is 4.63. The Bertz CT molecular complexity index is 1220. The van der Waals surface area contributed by atoms with E-state index in [1.165, 1.54) is 16.4 Å². The van der Waals surface area contributed by atoms with Gasteiger partial charge in [0.25, 0.3) is 0 Å². The van der Waals surface area contributed by atoms with E-state index in [1.54, 1.807) is 11.9 Å². The second-order valence-corrected chi connectivity index (χ2v) is 8.73. The second kappa shape index (κ2) is 9.50. The highest BCUT2D eigenvalue weighted by atomic mass is 35.5. The highest BCUT2D eigenvalue weighted by Crippen LogP contribution is 2.25. The van der Waals surface area contributed by atoms with Gasteiger partial charge in [-0.05, 0) is 43.3 Å². The van der Waals surface area contributed by atoms with Gasteiger partial charge in [-0.25, -0.2) is 4.68 Å². The third kappa shape index (κ3) is 4.98. The number of nitrogens with two attached hydrogens (primary N) is 1. The van der Waals surface area contributed by atoms with Crippen LogP contribution in [0.1, 0.15) is 11.3 Å². The number of carbonyl (C=O) groups is 1. The number of halogens is 1. The molecule has 0 atom stereocenters. The first-order valence-electron chi connectivity index (χ1n) is 9.89. The van der Waals surface area contributed by atoms with Gasteiger partial charge in [0, 0.05) is 23.2 Å². The summed E-state index contributed by atoms with van der Waals surface area (Å²) in [4.78, 5) is 14.2. The molecule has 0 radical (unpaired) electrons. The molecule has 0 aliphatic heterocycles. The molecular formula is C23H22ClN5O2S. The molecule has 7 nitrogen and oxygen atoms in total. The maximum atomic E-state index is 12.6. The van der Waals surface area contributed by atoms with Crippen LogP contribution in [0.25, 0.3) is 22.7 Å². The number of rotatable bonds is 7. The Morgan fingerprint density at radius 3 is 2.47 bits per heavy atom. The minimum atomic E-state index is -0.0701. The molecule has 0 aliphatic rings. The summed E-state index contributed by atoms with van der Waals surface area (Å²) < 4.78 is 7.29. The Balaban J connectivity index is 1.35. The number of carbonyl (C=O) groups excluding carboxylic acids is 1. The van der Waals surface area contributed by atoms with Crippen LogP contribution in [0.3, 0.4) is 0 Å². The van der Waals surface area contributed by atoms with E-state index in [0.717, 1.165) is 22.5 Å². The smallest absolute Gasteiger partial charge is 0.233 e. The number of thioether (sulfide) groups is 1. The van der Waals surface area contributed by atoms with Crippen LogP contribution in [0, 0.1) is 6.92 Å². The zero-order chi connectivity index (χ0) is 22.7. The maximum Gasteiger partial charge on any atom is 0.233 e. The van der Waals surface area contributed by atoms with Crippen LogP contribution >= 0.6 is 23.4 Å². The van der Waals surface area contributed by atoms with Crippen molar-refractivity contribution in [2.24, 2.45) is 0 Å². The van der Waals surface area contributed by atoms with Crippen LogP contribution in [0.4, 0.5) is 0 Å². The third-order valence-electron chi connectivity index (χ3n) is 4.91. The Kier molecular flexibility index (Phi) is 6.53. The summed E-state index contributed by atoms with van der Waals surface area (Å²) in [5.74, 6) is 8.24. The molecule has 4 aromatic rings. The average Bonchev–Trinajstić information content (AvgIpc) is 3.40. The van der Waals surface area contributed by atoms with Gasteiger partial charge in [0.1, 0.15) is 11.5 Å². The molecule has 0 saturated heterocycles. The van der Waals surface area contributed by atoms with E-state index in [9.17, 15) is 4.79 Å². The molecule has 0 unspecified atom stereocenters. The van der Waals surface area contributed by atoms with Crippen LogP contribution in [0.2, 0.25) is 5.02 Å². The summed E-state index contributed by atoms with van der Waals surface area (Å²) >= 11 is 7.18. The molecule has 0 spiro atoms. The van der Waals surface area contributed by atoms with E-state index in [0.29, 0.717) is 28.3 Å². The molecule has 9 heteroatoms. The van der Waals surface area contributed by atoms with Crippen molar-refractivity contribution < 1.29 is 9.21 Å². The van der Waals surface area contributed by atoms with E-state index >= 15 is 0 Å². The van der Waals surface area contributed by atoms with Crippen molar-refractivity contribution in [3.8, 4) is 22.7 Å². The summed E-state index contributed by atoms with van der Waals surface area (Å²) in [5.41, 5.74) is 2.95. The van der Waals surface area contributed by atoms with Gasteiger partial charge >= 0.3 is 0 Å². The van der Waals surface area contributed by atoms with Crippen LogP contribution in [-0.2, 0) is 11.3 Å². The predicted molar refractivity (Wildman–Crippen MR) is 127 cm³/mol. The highest BCUT2D eigenvalue weighted by Gasteiger charge is 2.17. The van der Waals surface area contributed by atoms with Gasteiger partial charge in [0.15, 0.2) is 5.82 Å². The Hall–Kier alpha value is -3.23. The molecule has 4 rings (SSSR count). The fraction of sp³-hybridized carbons (Fsp3) is 0.174. The SMILES string of the molecule is Cc1ccc(-c2nnc(SCC(=O)N(C)Cc3ccc(-c4ccc(Cl)cc4)o3)n2N)cc1. The number of aromatic nitrogens is 3. The van der Waals surface area contributed by atoms with Crippen LogP contribution in [0.15, 0.2) is 70.2 Å². The monoisotopic (exact) mass is 467 g/mol. The number of amides is 1. The Labute approximate surface area is 195 Å². The van der Waals surface area contributed by atoms with Gasteiger partial charge < -0.3 is 15.2 Å². The molecule has 2 aromatic heterocycles. The van der Waals surface area contributed by atoms with Crippen molar-refractivity contribution in [1.29, 1.82) is 0 Å². The lowest BCUT2D eigenvalue weighted by Gasteiger charge is -2.15. The molecule has 164 valence electrons. The van der Waals surface area contributed by atoms with Crippen molar-refractivity contribution in [2.45, 2.75) is 18.6 Å². The first-order valence-corrected chi connectivity index (χ1v) is 11.3. The number of benzene rings is 2. The molecule has 0 fully saturated rings. The topological polar surface area (TPSA) is 90.2 Å². The standard InChI is InChI=1S/C23H22ClN5O2S/c1-15-3-5-17(6-4-15)22-26-27-23(29(22)25)32-14-21(30)28(2)13-19-11-12-20(31-19)16-7-9-18(24)10-8-16/h3-12H,13-14,25H2,1-2H3. The van der Waals surface area contributed by atoms with Crippen LogP contribution in [0.5, 0.6) is 0 Å². The summed E-state index contributed by atoms with van der Waals surface area (Å²) in [6, 6.07) is 19.0. The summed E-state index contributed by atoms with van der Waals surface area (Å²) in [7, 11) is 1.73. The zero-order valence-electron chi connectivity index (χ0n) is 17.7. The van der Waals surface area contributed by atoms with E-state index in [1.807, 2.05) is 67.6 Å². The van der Waals surface area contributed by atoms with Gasteiger partial charge in [0.05, 0.1) is 12.3 Å². The lowest BCUT2D eigenvalue weighted by atomic mass is 10.1. The molecule has 2 aromatic carbocycles. The van der Waals surface area contributed by atoms with Gasteiger partial charge in [-0.3, -0.25) is 4.79 Å². The number of aryl methyl sites for hydroxylation is 1. The van der Waals surface area contributed by atoms with Crippen molar-refractivity contribution in [3.05, 3.63) is 77.0 Å². The lowest BCUT2D eigenvalue weighted by molar-refractivity contribution is -0.127. The summed E-state index contributed by atoms with van der Waals surface area (Å²) in [5, 5.41) is 9.43. The van der Waals surface area contributed by atoms with E-state index in [-0.39, 0.29) is 11.7 Å². The molecular weight excluding hydrogens is 446 g/mol. The molecule has 32 heavy (non-hydrogen) atoms. The maximum absolute atomic E-state index is 12.6. The molecule has 0 bridgehead atoms. The van der Waals surface area contributed by atoms with Gasteiger partial charge in [-0.1, -0.05) is 53.2 Å². The van der Waals surface area contributed by atoms with Crippen molar-refractivity contribution in [2.75, 3.05) is 18.6 Å². The molecule has 1 amide bonds. The Morgan fingerprint density at radius 1 is 1.06 bits per heavy atom. The van der Waals surface area contributed by atoms with Crippen LogP contribution < -0.4 is 5.84 Å². The number of nitrogens with zero attached hydrogens (tertiary/aromatic N) is 4. The number of furan rings is 1. The fourth-order valence-corrected chi connectivity index (χ4v) is 3.99. The number of hydrogen-bond donors (Lipinski definition) is 1. The fourth-order valence-electron chi connectivity index (χ4n) is 3.07. The first kappa shape index (κ1) is 22.0. The molecule has 2 heterocycles. The van der Waals surface area contributed by atoms with Gasteiger partial charge in [-0.15, -0.1) is 10.2 Å². The quantitative estimate of drug-likeness (QED) is 0.315. The minimum absolute atomic E-state index is 0.0701. The van der Waals surface area contributed by atoms with E-state index in [2.05, 4.69) is 10.2 Å². The lowest BCUT2D eigenvalue weighted by Crippen LogP contribution is -2.27. The van der Waals surface area contributed by atoms with E-state index in [4.69, 9.17) is 21.9 Å². The van der Waals surface area contributed by atoms with Crippen molar-refractivity contribution in [3.63, 3.8) is 0 Å². The van der Waals surface area contributed by atoms with Crippen LogP contribution in [-0.4, -0.2) is 38.5 Å². The zero-order valence-corrected chi connectivity index (χ0v) is 19.2.